The summed E-state index contributed by atoms with van der Waals surface area (Å²) in [6.07, 6.45) is 2.25. The molecule has 5 heteroatoms. The molecule has 1 fully saturated rings. The first-order valence-electron chi connectivity index (χ1n) is 6.10. The second kappa shape index (κ2) is 5.31. The maximum Gasteiger partial charge on any atom is 0.237 e. The summed E-state index contributed by atoms with van der Waals surface area (Å²) in [5.41, 5.74) is 0.832. The Hall–Kier alpha value is -1.36. The average Bonchev–Trinajstić information content (AvgIpc) is 2.73. The summed E-state index contributed by atoms with van der Waals surface area (Å²) < 4.78 is 5.04. The van der Waals surface area contributed by atoms with E-state index in [2.05, 4.69) is 22.7 Å². The van der Waals surface area contributed by atoms with Crippen molar-refractivity contribution < 1.29 is 9.32 Å². The lowest BCUT2D eigenvalue weighted by atomic mass is 9.92. The zero-order valence-electron chi connectivity index (χ0n) is 10.3. The second-order valence-corrected chi connectivity index (χ2v) is 4.70. The van der Waals surface area contributed by atoms with Crippen LogP contribution in [0.4, 0.5) is 0 Å². The lowest BCUT2D eigenvalue weighted by Crippen LogP contribution is -2.50. The molecule has 2 heterocycles. The largest absolute Gasteiger partial charge is 0.359 e. The van der Waals surface area contributed by atoms with Gasteiger partial charge in [-0.05, 0) is 32.2 Å². The minimum Gasteiger partial charge on any atom is -0.359 e. The van der Waals surface area contributed by atoms with Gasteiger partial charge in [0, 0.05) is 6.07 Å². The van der Waals surface area contributed by atoms with Crippen molar-refractivity contribution >= 4 is 5.91 Å². The van der Waals surface area contributed by atoms with Crippen molar-refractivity contribution in [1.29, 1.82) is 0 Å². The number of nitrogens with zero attached hydrogens (tertiary/aromatic N) is 1. The molecular formula is C12H19N3O2. The normalized spacial score (nSPS) is 24.6. The third kappa shape index (κ3) is 3.06. The van der Waals surface area contributed by atoms with E-state index in [4.69, 9.17) is 4.52 Å². The van der Waals surface area contributed by atoms with E-state index in [0.29, 0.717) is 18.2 Å². The molecule has 2 unspecified atom stereocenters. The van der Waals surface area contributed by atoms with Gasteiger partial charge in [-0.3, -0.25) is 4.79 Å². The lowest BCUT2D eigenvalue weighted by Gasteiger charge is -2.28. The summed E-state index contributed by atoms with van der Waals surface area (Å²) in [5, 5.41) is 9.91. The van der Waals surface area contributed by atoms with Crippen LogP contribution in [-0.4, -0.2) is 23.7 Å². The van der Waals surface area contributed by atoms with Gasteiger partial charge in [0.1, 0.15) is 0 Å². The Morgan fingerprint density at radius 1 is 1.71 bits per heavy atom. The fourth-order valence-electron chi connectivity index (χ4n) is 2.18. The van der Waals surface area contributed by atoms with Crippen LogP contribution in [0, 0.1) is 12.8 Å². The number of nitrogens with one attached hydrogen (secondary N) is 2. The molecule has 0 bridgehead atoms. The van der Waals surface area contributed by atoms with E-state index in [-0.39, 0.29) is 11.9 Å². The molecule has 0 aliphatic carbocycles. The summed E-state index contributed by atoms with van der Waals surface area (Å²) in [4.78, 5) is 12.0. The SMILES string of the molecule is Cc1cc(CNC(=O)C2NCCCC2C)on1. The predicted molar refractivity (Wildman–Crippen MR) is 63.3 cm³/mol. The molecule has 1 aliphatic heterocycles. The third-order valence-corrected chi connectivity index (χ3v) is 3.17. The topological polar surface area (TPSA) is 67.2 Å². The molecule has 0 radical (unpaired) electrons. The molecule has 2 atom stereocenters. The Morgan fingerprint density at radius 3 is 3.18 bits per heavy atom. The number of carbonyl (C=O) groups excluding carboxylic acids is 1. The van der Waals surface area contributed by atoms with Crippen LogP contribution in [0.2, 0.25) is 0 Å². The van der Waals surface area contributed by atoms with E-state index in [0.717, 1.165) is 25.1 Å². The smallest absolute Gasteiger partial charge is 0.237 e. The van der Waals surface area contributed by atoms with Gasteiger partial charge < -0.3 is 15.2 Å². The van der Waals surface area contributed by atoms with Gasteiger partial charge in [0.25, 0.3) is 0 Å². The quantitative estimate of drug-likeness (QED) is 0.822. The average molecular weight is 237 g/mol. The third-order valence-electron chi connectivity index (χ3n) is 3.17. The zero-order chi connectivity index (χ0) is 12.3. The maximum absolute atomic E-state index is 12.0. The van der Waals surface area contributed by atoms with Gasteiger partial charge >= 0.3 is 0 Å². The van der Waals surface area contributed by atoms with Crippen LogP contribution in [0.15, 0.2) is 10.6 Å². The summed E-state index contributed by atoms with van der Waals surface area (Å²) in [6.45, 7) is 5.29. The molecule has 0 saturated carbocycles. The molecule has 0 aromatic carbocycles. The Morgan fingerprint density at radius 2 is 2.53 bits per heavy atom. The van der Waals surface area contributed by atoms with E-state index in [1.54, 1.807) is 0 Å². The number of rotatable bonds is 3. The number of amides is 1. The van der Waals surface area contributed by atoms with Gasteiger partial charge in [-0.15, -0.1) is 0 Å². The Labute approximate surface area is 101 Å². The van der Waals surface area contributed by atoms with E-state index in [1.807, 2.05) is 13.0 Å². The van der Waals surface area contributed by atoms with Gasteiger partial charge in [0.2, 0.25) is 5.91 Å². The van der Waals surface area contributed by atoms with Gasteiger partial charge in [-0.25, -0.2) is 0 Å². The monoisotopic (exact) mass is 237 g/mol. The van der Waals surface area contributed by atoms with Gasteiger partial charge in [0.05, 0.1) is 18.3 Å². The summed E-state index contributed by atoms with van der Waals surface area (Å²) in [5.74, 6) is 1.13. The van der Waals surface area contributed by atoms with Crippen LogP contribution in [0.1, 0.15) is 31.2 Å². The maximum atomic E-state index is 12.0. The molecule has 2 N–H and O–H groups in total. The van der Waals surface area contributed by atoms with Crippen LogP contribution < -0.4 is 10.6 Å². The minimum absolute atomic E-state index is 0.0475. The van der Waals surface area contributed by atoms with E-state index in [9.17, 15) is 4.79 Å². The fraction of sp³-hybridized carbons (Fsp3) is 0.667. The van der Waals surface area contributed by atoms with Crippen molar-refractivity contribution in [2.45, 2.75) is 39.3 Å². The van der Waals surface area contributed by atoms with Crippen LogP contribution in [0.3, 0.4) is 0 Å². The molecule has 1 aromatic rings. The number of carbonyl (C=O) groups is 1. The van der Waals surface area contributed by atoms with Crippen molar-refractivity contribution in [2.75, 3.05) is 6.54 Å². The molecule has 1 aromatic heterocycles. The summed E-state index contributed by atoms with van der Waals surface area (Å²) >= 11 is 0. The van der Waals surface area contributed by atoms with E-state index < -0.39 is 0 Å². The molecule has 1 saturated heterocycles. The molecule has 17 heavy (non-hydrogen) atoms. The highest BCUT2D eigenvalue weighted by Gasteiger charge is 2.27. The molecule has 1 aliphatic rings. The highest BCUT2D eigenvalue weighted by Crippen LogP contribution is 2.15. The van der Waals surface area contributed by atoms with Crippen LogP contribution in [0.5, 0.6) is 0 Å². The molecule has 0 spiro atoms. The summed E-state index contributed by atoms with van der Waals surface area (Å²) in [6, 6.07) is 1.76. The first-order chi connectivity index (χ1) is 8.16. The van der Waals surface area contributed by atoms with Crippen molar-refractivity contribution in [2.24, 2.45) is 5.92 Å². The Balaban J connectivity index is 1.84. The zero-order valence-corrected chi connectivity index (χ0v) is 10.3. The number of piperidine rings is 1. The van der Waals surface area contributed by atoms with Crippen LogP contribution >= 0.6 is 0 Å². The summed E-state index contributed by atoms with van der Waals surface area (Å²) in [7, 11) is 0. The molecule has 1 amide bonds. The predicted octanol–water partition coefficient (Wildman–Crippen LogP) is 0.987. The van der Waals surface area contributed by atoms with Crippen molar-refractivity contribution in [3.8, 4) is 0 Å². The standard InChI is InChI=1S/C12H19N3O2/c1-8-4-3-5-13-11(8)12(16)14-7-10-6-9(2)15-17-10/h6,8,11,13H,3-5,7H2,1-2H3,(H,14,16). The first kappa shape index (κ1) is 12.1. The molecular weight excluding hydrogens is 218 g/mol. The Kier molecular flexibility index (Phi) is 3.78. The van der Waals surface area contributed by atoms with Crippen LogP contribution in [-0.2, 0) is 11.3 Å². The van der Waals surface area contributed by atoms with Gasteiger partial charge in [-0.1, -0.05) is 12.1 Å². The highest BCUT2D eigenvalue weighted by atomic mass is 16.5. The lowest BCUT2D eigenvalue weighted by molar-refractivity contribution is -0.125. The molecule has 2 rings (SSSR count). The van der Waals surface area contributed by atoms with Gasteiger partial charge in [-0.2, -0.15) is 0 Å². The van der Waals surface area contributed by atoms with Crippen molar-refractivity contribution in [1.82, 2.24) is 15.8 Å². The Bertz CT molecular complexity index is 389. The van der Waals surface area contributed by atoms with Crippen molar-refractivity contribution in [3.63, 3.8) is 0 Å². The molecule has 5 nitrogen and oxygen atoms in total. The number of hydrogen-bond donors (Lipinski definition) is 2. The fourth-order valence-corrected chi connectivity index (χ4v) is 2.18. The number of aromatic nitrogens is 1. The minimum atomic E-state index is -0.0761. The number of aryl methyl sites for hydroxylation is 1. The van der Waals surface area contributed by atoms with E-state index >= 15 is 0 Å². The van der Waals surface area contributed by atoms with Crippen molar-refractivity contribution in [3.05, 3.63) is 17.5 Å². The first-order valence-corrected chi connectivity index (χ1v) is 6.10. The van der Waals surface area contributed by atoms with Crippen LogP contribution in [0.25, 0.3) is 0 Å². The second-order valence-electron chi connectivity index (χ2n) is 4.70. The number of hydrogen-bond acceptors (Lipinski definition) is 4. The van der Waals surface area contributed by atoms with E-state index in [1.165, 1.54) is 0 Å². The molecule has 94 valence electrons. The van der Waals surface area contributed by atoms with Gasteiger partial charge in [0.15, 0.2) is 5.76 Å². The highest BCUT2D eigenvalue weighted by molar-refractivity contribution is 5.82.